The Morgan fingerprint density at radius 3 is 2.72 bits per heavy atom. The van der Waals surface area contributed by atoms with Gasteiger partial charge >= 0.3 is 0 Å². The topological polar surface area (TPSA) is 38.9 Å². The van der Waals surface area contributed by atoms with Crippen LogP contribution in [0.2, 0.25) is 5.02 Å². The smallest absolute Gasteiger partial charge is 0.107 e. The summed E-state index contributed by atoms with van der Waals surface area (Å²) in [5.41, 5.74) is 9.04. The maximum absolute atomic E-state index is 6.09. The molecule has 0 saturated heterocycles. The van der Waals surface area contributed by atoms with Gasteiger partial charge in [0.2, 0.25) is 0 Å². The summed E-state index contributed by atoms with van der Waals surface area (Å²) >= 11 is 7.79. The molecule has 0 aliphatic carbocycles. The molecular weight excluding hydrogens is 264 g/mol. The van der Waals surface area contributed by atoms with Gasteiger partial charge in [-0.3, -0.25) is 0 Å². The van der Waals surface area contributed by atoms with Crippen LogP contribution in [-0.2, 0) is 6.54 Å². The molecule has 2 N–H and O–H groups in total. The summed E-state index contributed by atoms with van der Waals surface area (Å²) in [7, 11) is 0. The van der Waals surface area contributed by atoms with Crippen molar-refractivity contribution in [3.8, 4) is 11.3 Å². The predicted molar refractivity (Wildman–Crippen MR) is 79.3 cm³/mol. The molecule has 2 nitrogen and oxygen atoms in total. The first-order valence-corrected chi connectivity index (χ1v) is 7.18. The lowest BCUT2D eigenvalue weighted by Gasteiger charge is -2.08. The first-order valence-electron chi connectivity index (χ1n) is 5.99. The number of aromatic nitrogens is 1. The van der Waals surface area contributed by atoms with Crippen molar-refractivity contribution in [2.75, 3.05) is 0 Å². The van der Waals surface area contributed by atoms with Crippen LogP contribution in [0.3, 0.4) is 0 Å². The van der Waals surface area contributed by atoms with Gasteiger partial charge in [-0.25, -0.2) is 4.98 Å². The van der Waals surface area contributed by atoms with E-state index in [1.54, 1.807) is 11.3 Å². The lowest BCUT2D eigenvalue weighted by molar-refractivity contribution is 0.887. The van der Waals surface area contributed by atoms with Gasteiger partial charge in [0.05, 0.1) is 5.69 Å². The molecule has 0 amide bonds. The number of thiazole rings is 1. The molecule has 0 aliphatic rings. The number of nitrogens with zero attached hydrogens (tertiary/aromatic N) is 1. The van der Waals surface area contributed by atoms with E-state index in [-0.39, 0.29) is 0 Å². The fourth-order valence-corrected chi connectivity index (χ4v) is 3.03. The molecule has 0 bridgehead atoms. The molecule has 0 radical (unpaired) electrons. The summed E-state index contributed by atoms with van der Waals surface area (Å²) in [5, 5.41) is 1.72. The first kappa shape index (κ1) is 13.5. The molecule has 0 spiro atoms. The Morgan fingerprint density at radius 2 is 2.11 bits per heavy atom. The molecule has 0 aliphatic heterocycles. The molecule has 4 heteroatoms. The Labute approximate surface area is 117 Å². The highest BCUT2D eigenvalue weighted by Crippen LogP contribution is 2.36. The van der Waals surface area contributed by atoms with Gasteiger partial charge in [0.15, 0.2) is 0 Å². The Bertz CT molecular complexity index is 561. The van der Waals surface area contributed by atoms with E-state index in [0.29, 0.717) is 12.5 Å². The first-order chi connectivity index (χ1) is 8.52. The molecular formula is C14H17ClN2S. The van der Waals surface area contributed by atoms with Crippen molar-refractivity contribution in [3.05, 3.63) is 38.7 Å². The van der Waals surface area contributed by atoms with Gasteiger partial charge in [0.1, 0.15) is 5.01 Å². The van der Waals surface area contributed by atoms with Gasteiger partial charge in [-0.05, 0) is 30.5 Å². The number of benzene rings is 1. The molecule has 0 fully saturated rings. The number of hydrogen-bond donors (Lipinski definition) is 1. The van der Waals surface area contributed by atoms with Crippen LogP contribution in [0.4, 0.5) is 0 Å². The van der Waals surface area contributed by atoms with Crippen molar-refractivity contribution in [1.82, 2.24) is 4.98 Å². The van der Waals surface area contributed by atoms with Gasteiger partial charge in [-0.15, -0.1) is 11.3 Å². The number of nitrogens with two attached hydrogens (primary N) is 1. The molecule has 18 heavy (non-hydrogen) atoms. The number of aryl methyl sites for hydroxylation is 1. The fourth-order valence-electron chi connectivity index (χ4n) is 1.90. The van der Waals surface area contributed by atoms with Crippen LogP contribution in [0.5, 0.6) is 0 Å². The lowest BCUT2D eigenvalue weighted by Crippen LogP contribution is -1.95. The highest BCUT2D eigenvalue weighted by atomic mass is 35.5. The normalized spacial score (nSPS) is 11.2. The van der Waals surface area contributed by atoms with Gasteiger partial charge in [0, 0.05) is 22.0 Å². The summed E-state index contributed by atoms with van der Waals surface area (Å²) in [5.74, 6) is 0.441. The standard InChI is InChI=1S/C14H17ClN2S/c1-8(2)14-13(17-12(7-16)18-14)11-6-10(15)5-4-9(11)3/h4-6,8H,7,16H2,1-3H3. The predicted octanol–water partition coefficient (Wildman–Crippen LogP) is 4.35. The number of rotatable bonds is 3. The second-order valence-corrected chi connectivity index (χ2v) is 6.19. The highest BCUT2D eigenvalue weighted by molar-refractivity contribution is 7.12. The third-order valence-corrected chi connectivity index (χ3v) is 4.46. The minimum Gasteiger partial charge on any atom is -0.325 e. The molecule has 2 aromatic rings. The molecule has 1 heterocycles. The fraction of sp³-hybridized carbons (Fsp3) is 0.357. The zero-order valence-corrected chi connectivity index (χ0v) is 12.4. The van der Waals surface area contributed by atoms with Gasteiger partial charge in [-0.2, -0.15) is 0 Å². The Morgan fingerprint density at radius 1 is 1.39 bits per heavy atom. The van der Waals surface area contributed by atoms with Crippen molar-refractivity contribution in [2.45, 2.75) is 33.2 Å². The second kappa shape index (κ2) is 5.39. The third-order valence-electron chi connectivity index (χ3n) is 2.85. The summed E-state index contributed by atoms with van der Waals surface area (Å²) in [4.78, 5) is 5.94. The zero-order chi connectivity index (χ0) is 13.3. The van der Waals surface area contributed by atoms with Gasteiger partial charge < -0.3 is 5.73 Å². The van der Waals surface area contributed by atoms with E-state index in [2.05, 4.69) is 25.8 Å². The van der Waals surface area contributed by atoms with Crippen LogP contribution >= 0.6 is 22.9 Å². The van der Waals surface area contributed by atoms with Crippen molar-refractivity contribution >= 4 is 22.9 Å². The third kappa shape index (κ3) is 2.58. The molecule has 1 aromatic carbocycles. The van der Waals surface area contributed by atoms with Crippen molar-refractivity contribution in [2.24, 2.45) is 5.73 Å². The molecule has 1 aromatic heterocycles. The maximum Gasteiger partial charge on any atom is 0.107 e. The number of hydrogen-bond acceptors (Lipinski definition) is 3. The van der Waals surface area contributed by atoms with Gasteiger partial charge in [-0.1, -0.05) is 31.5 Å². The van der Waals surface area contributed by atoms with E-state index in [1.165, 1.54) is 10.4 Å². The van der Waals surface area contributed by atoms with Crippen molar-refractivity contribution in [3.63, 3.8) is 0 Å². The van der Waals surface area contributed by atoms with Crippen LogP contribution in [-0.4, -0.2) is 4.98 Å². The monoisotopic (exact) mass is 280 g/mol. The second-order valence-electron chi connectivity index (χ2n) is 4.64. The van der Waals surface area contributed by atoms with E-state index in [1.807, 2.05) is 18.2 Å². The average molecular weight is 281 g/mol. The zero-order valence-electron chi connectivity index (χ0n) is 10.8. The van der Waals surface area contributed by atoms with Crippen molar-refractivity contribution in [1.29, 1.82) is 0 Å². The molecule has 0 atom stereocenters. The minimum atomic E-state index is 0.441. The Hall–Kier alpha value is -0.900. The van der Waals surface area contributed by atoms with E-state index < -0.39 is 0 Å². The Kier molecular flexibility index (Phi) is 4.05. The van der Waals surface area contributed by atoms with Crippen LogP contribution in [0, 0.1) is 6.92 Å². The van der Waals surface area contributed by atoms with Crippen LogP contribution in [0.15, 0.2) is 18.2 Å². The van der Waals surface area contributed by atoms with E-state index in [9.17, 15) is 0 Å². The molecule has 2 rings (SSSR count). The summed E-state index contributed by atoms with van der Waals surface area (Å²) < 4.78 is 0. The molecule has 0 unspecified atom stereocenters. The summed E-state index contributed by atoms with van der Waals surface area (Å²) in [6.07, 6.45) is 0. The number of halogens is 1. The summed E-state index contributed by atoms with van der Waals surface area (Å²) in [6.45, 7) is 6.93. The average Bonchev–Trinajstić information content (AvgIpc) is 2.76. The lowest BCUT2D eigenvalue weighted by atomic mass is 10.0. The van der Waals surface area contributed by atoms with E-state index >= 15 is 0 Å². The quantitative estimate of drug-likeness (QED) is 0.907. The van der Waals surface area contributed by atoms with E-state index in [0.717, 1.165) is 21.3 Å². The SMILES string of the molecule is Cc1ccc(Cl)cc1-c1nc(CN)sc1C(C)C. The highest BCUT2D eigenvalue weighted by Gasteiger charge is 2.16. The minimum absolute atomic E-state index is 0.441. The van der Waals surface area contributed by atoms with Crippen LogP contribution in [0.1, 0.15) is 35.2 Å². The van der Waals surface area contributed by atoms with Crippen LogP contribution < -0.4 is 5.73 Å². The molecule has 0 saturated carbocycles. The maximum atomic E-state index is 6.09. The largest absolute Gasteiger partial charge is 0.325 e. The van der Waals surface area contributed by atoms with E-state index in [4.69, 9.17) is 17.3 Å². The summed E-state index contributed by atoms with van der Waals surface area (Å²) in [6, 6.07) is 5.92. The van der Waals surface area contributed by atoms with Crippen molar-refractivity contribution < 1.29 is 0 Å². The van der Waals surface area contributed by atoms with Crippen LogP contribution in [0.25, 0.3) is 11.3 Å². The van der Waals surface area contributed by atoms with Gasteiger partial charge in [0.25, 0.3) is 0 Å². The Balaban J connectivity index is 2.62. The molecule has 96 valence electrons.